The Hall–Kier alpha value is -1.73. The Morgan fingerprint density at radius 1 is 0.553 bits per heavy atom. The second kappa shape index (κ2) is 34.1. The number of allylic oxidation sites excluding steroid dienone is 6. The molecule has 0 aromatic carbocycles. The largest absolute Gasteiger partial charge is 0.469 e. The third kappa shape index (κ3) is 36.9. The minimum Gasteiger partial charge on any atom is -0.462 e. The number of carbonyl (C=O) groups excluding carboxylic acids is 2. The maximum atomic E-state index is 12.3. The van der Waals surface area contributed by atoms with Gasteiger partial charge in [0, 0.05) is 12.8 Å². The van der Waals surface area contributed by atoms with Crippen LogP contribution in [-0.4, -0.2) is 41.0 Å². The molecule has 0 amide bonds. The highest BCUT2D eigenvalue weighted by molar-refractivity contribution is 7.46. The highest BCUT2D eigenvalue weighted by atomic mass is 31.2. The number of hydrogen-bond donors (Lipinski definition) is 2. The van der Waals surface area contributed by atoms with Crippen molar-refractivity contribution < 1.29 is 37.9 Å². The molecule has 0 aromatic rings. The van der Waals surface area contributed by atoms with Crippen molar-refractivity contribution in [1.29, 1.82) is 0 Å². The van der Waals surface area contributed by atoms with Crippen LogP contribution in [0.4, 0.5) is 0 Å². The van der Waals surface area contributed by atoms with Gasteiger partial charge >= 0.3 is 19.8 Å². The molecule has 0 saturated carbocycles. The highest BCUT2D eigenvalue weighted by Gasteiger charge is 2.22. The smallest absolute Gasteiger partial charge is 0.462 e. The van der Waals surface area contributed by atoms with Gasteiger partial charge in [-0.1, -0.05) is 147 Å². The predicted octanol–water partition coefficient (Wildman–Crippen LogP) is 11.0. The van der Waals surface area contributed by atoms with E-state index in [4.69, 9.17) is 19.3 Å². The van der Waals surface area contributed by atoms with Crippen LogP contribution in [0.5, 0.6) is 0 Å². The summed E-state index contributed by atoms with van der Waals surface area (Å²) in [6, 6.07) is 0. The first-order valence-corrected chi connectivity index (χ1v) is 20.3. The molecule has 0 rings (SSSR count). The summed E-state index contributed by atoms with van der Waals surface area (Å²) in [5.74, 6) is -0.927. The molecule has 0 saturated heterocycles. The van der Waals surface area contributed by atoms with Gasteiger partial charge < -0.3 is 19.3 Å². The number of esters is 2. The van der Waals surface area contributed by atoms with Crippen LogP contribution in [0.3, 0.4) is 0 Å². The summed E-state index contributed by atoms with van der Waals surface area (Å²) in [6.07, 6.45) is 38.6. The van der Waals surface area contributed by atoms with Gasteiger partial charge in [0.25, 0.3) is 0 Å². The third-order valence-corrected chi connectivity index (χ3v) is 8.40. The molecule has 0 radical (unpaired) electrons. The summed E-state index contributed by atoms with van der Waals surface area (Å²) in [4.78, 5) is 42.6. The van der Waals surface area contributed by atoms with Crippen molar-refractivity contribution >= 4 is 19.8 Å². The van der Waals surface area contributed by atoms with Crippen LogP contribution in [0.2, 0.25) is 0 Å². The first-order chi connectivity index (χ1) is 22.8. The number of rotatable bonds is 34. The topological polar surface area (TPSA) is 119 Å². The van der Waals surface area contributed by atoms with E-state index in [0.29, 0.717) is 12.8 Å². The van der Waals surface area contributed by atoms with Gasteiger partial charge in [0.2, 0.25) is 0 Å². The Morgan fingerprint density at radius 2 is 0.957 bits per heavy atom. The number of ether oxygens (including phenoxy) is 2. The number of hydrogen-bond acceptors (Lipinski definition) is 6. The number of phosphoric ester groups is 1. The molecule has 274 valence electrons. The van der Waals surface area contributed by atoms with E-state index >= 15 is 0 Å². The van der Waals surface area contributed by atoms with Gasteiger partial charge in [-0.15, -0.1) is 0 Å². The fourth-order valence-corrected chi connectivity index (χ4v) is 5.45. The Morgan fingerprint density at radius 3 is 1.47 bits per heavy atom. The zero-order valence-corrected chi connectivity index (χ0v) is 30.8. The molecule has 0 spiro atoms. The SMILES string of the molecule is CCCCC/C=C/C/C=C/C/C=C/CCCCC(=O)OC[C@H](COP(=O)(O)O)OC(=O)CCCCCCCCCCCCCCCC. The number of phosphoric acid groups is 1. The monoisotopic (exact) mass is 684 g/mol. The van der Waals surface area contributed by atoms with Gasteiger partial charge in [0.1, 0.15) is 6.61 Å². The fraction of sp³-hybridized carbons (Fsp3) is 0.789. The van der Waals surface area contributed by atoms with Gasteiger partial charge in [0.05, 0.1) is 6.61 Å². The van der Waals surface area contributed by atoms with Crippen molar-refractivity contribution in [2.24, 2.45) is 0 Å². The average Bonchev–Trinajstić information content (AvgIpc) is 3.03. The van der Waals surface area contributed by atoms with E-state index < -0.39 is 32.5 Å². The molecule has 9 heteroatoms. The predicted molar refractivity (Wildman–Crippen MR) is 193 cm³/mol. The van der Waals surface area contributed by atoms with E-state index in [-0.39, 0.29) is 19.4 Å². The van der Waals surface area contributed by atoms with E-state index in [9.17, 15) is 14.2 Å². The quantitative estimate of drug-likeness (QED) is 0.0297. The lowest BCUT2D eigenvalue weighted by molar-refractivity contribution is -0.161. The summed E-state index contributed by atoms with van der Waals surface area (Å²) in [6.45, 7) is 3.61. The van der Waals surface area contributed by atoms with Crippen LogP contribution in [0.15, 0.2) is 36.5 Å². The van der Waals surface area contributed by atoms with Crippen LogP contribution in [0.25, 0.3) is 0 Å². The lowest BCUT2D eigenvalue weighted by atomic mass is 10.0. The number of unbranched alkanes of at least 4 members (excludes halogenated alkanes) is 18. The molecule has 0 bridgehead atoms. The molecule has 0 fully saturated rings. The second-order valence-electron chi connectivity index (χ2n) is 12.6. The van der Waals surface area contributed by atoms with Crippen LogP contribution in [0, 0.1) is 0 Å². The molecular formula is C38H69O8P. The molecule has 0 aliphatic rings. The fourth-order valence-electron chi connectivity index (χ4n) is 5.08. The second-order valence-corrected chi connectivity index (χ2v) is 13.8. The maximum absolute atomic E-state index is 12.3. The summed E-state index contributed by atoms with van der Waals surface area (Å²) in [5, 5.41) is 0. The third-order valence-electron chi connectivity index (χ3n) is 7.91. The summed E-state index contributed by atoms with van der Waals surface area (Å²) >= 11 is 0. The Bertz CT molecular complexity index is 864. The van der Waals surface area contributed by atoms with Gasteiger partial charge in [-0.3, -0.25) is 14.1 Å². The molecule has 47 heavy (non-hydrogen) atoms. The standard InChI is InChI=1S/C38H69O8P/c1-3-5-7-9-11-13-15-17-19-21-22-24-26-28-30-32-37(39)44-34-36(35-45-47(41,42)43)46-38(40)33-31-29-27-25-23-20-18-16-14-12-10-8-6-4-2/h11,13,17,19,22,24,36H,3-10,12,14-16,18,20-21,23,25-35H2,1-2H3,(H2,41,42,43)/b13-11+,19-17+,24-22+/t36-/m1/s1. The van der Waals surface area contributed by atoms with Crippen molar-refractivity contribution in [1.82, 2.24) is 0 Å². The minimum absolute atomic E-state index is 0.206. The molecule has 2 N–H and O–H groups in total. The van der Waals surface area contributed by atoms with Crippen molar-refractivity contribution in [3.63, 3.8) is 0 Å². The molecule has 0 aliphatic carbocycles. The average molecular weight is 685 g/mol. The van der Waals surface area contributed by atoms with Crippen molar-refractivity contribution in [3.05, 3.63) is 36.5 Å². The maximum Gasteiger partial charge on any atom is 0.469 e. The summed E-state index contributed by atoms with van der Waals surface area (Å²) < 4.78 is 26.3. The van der Waals surface area contributed by atoms with Gasteiger partial charge in [-0.05, 0) is 51.4 Å². The van der Waals surface area contributed by atoms with E-state index in [0.717, 1.165) is 51.4 Å². The minimum atomic E-state index is -4.75. The van der Waals surface area contributed by atoms with Gasteiger partial charge in [-0.2, -0.15) is 0 Å². The molecule has 1 atom stereocenters. The van der Waals surface area contributed by atoms with Crippen molar-refractivity contribution in [2.45, 2.75) is 180 Å². The summed E-state index contributed by atoms with van der Waals surface area (Å²) in [7, 11) is -4.75. The molecule has 8 nitrogen and oxygen atoms in total. The lowest BCUT2D eigenvalue weighted by Crippen LogP contribution is -2.29. The van der Waals surface area contributed by atoms with Crippen LogP contribution >= 0.6 is 7.82 Å². The van der Waals surface area contributed by atoms with E-state index in [1.807, 2.05) is 0 Å². The molecule has 0 heterocycles. The van der Waals surface area contributed by atoms with Crippen LogP contribution in [-0.2, 0) is 28.2 Å². The first kappa shape index (κ1) is 45.3. The first-order valence-electron chi connectivity index (χ1n) is 18.8. The molecule has 0 aliphatic heterocycles. The zero-order valence-electron chi connectivity index (χ0n) is 29.9. The zero-order chi connectivity index (χ0) is 34.7. The van der Waals surface area contributed by atoms with Gasteiger partial charge in [0.15, 0.2) is 6.10 Å². The Kier molecular flexibility index (Phi) is 32.9. The number of carbonyl (C=O) groups is 2. The van der Waals surface area contributed by atoms with E-state index in [1.54, 1.807) is 0 Å². The van der Waals surface area contributed by atoms with Crippen molar-refractivity contribution in [3.8, 4) is 0 Å². The van der Waals surface area contributed by atoms with E-state index in [2.05, 4.69) is 54.8 Å². The normalized spacial score (nSPS) is 12.9. The Balaban J connectivity index is 4.03. The van der Waals surface area contributed by atoms with Crippen LogP contribution < -0.4 is 0 Å². The Labute approximate surface area is 287 Å². The molecule has 0 aromatic heterocycles. The van der Waals surface area contributed by atoms with Crippen LogP contribution in [0.1, 0.15) is 174 Å². The highest BCUT2D eigenvalue weighted by Crippen LogP contribution is 2.36. The van der Waals surface area contributed by atoms with Crippen molar-refractivity contribution in [2.75, 3.05) is 13.2 Å². The van der Waals surface area contributed by atoms with Gasteiger partial charge in [-0.25, -0.2) is 4.57 Å². The molecule has 0 unspecified atom stereocenters. The molecular weight excluding hydrogens is 615 g/mol. The lowest BCUT2D eigenvalue weighted by Gasteiger charge is -2.18. The summed E-state index contributed by atoms with van der Waals surface area (Å²) in [5.41, 5.74) is 0. The van der Waals surface area contributed by atoms with E-state index in [1.165, 1.54) is 83.5 Å².